The summed E-state index contributed by atoms with van der Waals surface area (Å²) in [5.74, 6) is 0. The fourth-order valence-electron chi connectivity index (χ4n) is 2.78. The zero-order chi connectivity index (χ0) is 16.9. The normalized spacial score (nSPS) is 14.6. The lowest BCUT2D eigenvalue weighted by Gasteiger charge is -2.36. The Hall–Kier alpha value is -1.91. The molecule has 0 aromatic heterocycles. The quantitative estimate of drug-likeness (QED) is 0.893. The molecule has 1 aliphatic heterocycles. The highest BCUT2D eigenvalue weighted by atomic mass is 35.5. The molecule has 2 amide bonds. The van der Waals surface area contributed by atoms with Crippen molar-refractivity contribution in [2.45, 2.75) is 6.54 Å². The lowest BCUT2D eigenvalue weighted by Crippen LogP contribution is -2.51. The van der Waals surface area contributed by atoms with Gasteiger partial charge in [0.2, 0.25) is 0 Å². The molecule has 24 heavy (non-hydrogen) atoms. The van der Waals surface area contributed by atoms with Gasteiger partial charge < -0.3 is 15.1 Å². The number of halogens is 2. The summed E-state index contributed by atoms with van der Waals surface area (Å²) in [6.07, 6.45) is 0. The highest BCUT2D eigenvalue weighted by molar-refractivity contribution is 6.33. The second-order valence-electron chi connectivity index (χ2n) is 5.68. The van der Waals surface area contributed by atoms with E-state index in [1.54, 1.807) is 0 Å². The van der Waals surface area contributed by atoms with E-state index in [0.717, 1.165) is 29.4 Å². The number of nitrogens with one attached hydrogen (secondary N) is 1. The number of urea groups is 1. The Morgan fingerprint density at radius 2 is 1.54 bits per heavy atom. The summed E-state index contributed by atoms with van der Waals surface area (Å²) in [7, 11) is 0. The standard InChI is InChI=1S/C18H19Cl2N3O/c19-15-6-2-1-5-14(15)13-21-18(24)23-11-9-22(10-12-23)17-8-4-3-7-16(17)20/h1-8H,9-13H2,(H,21,24). The van der Waals surface area contributed by atoms with Crippen molar-refractivity contribution in [1.29, 1.82) is 0 Å². The van der Waals surface area contributed by atoms with Crippen LogP contribution in [0.5, 0.6) is 0 Å². The van der Waals surface area contributed by atoms with Crippen LogP contribution in [0, 0.1) is 0 Å². The van der Waals surface area contributed by atoms with Gasteiger partial charge >= 0.3 is 6.03 Å². The Labute approximate surface area is 152 Å². The molecule has 2 aromatic carbocycles. The van der Waals surface area contributed by atoms with Crippen molar-refractivity contribution in [3.63, 3.8) is 0 Å². The Balaban J connectivity index is 1.52. The van der Waals surface area contributed by atoms with E-state index < -0.39 is 0 Å². The minimum absolute atomic E-state index is 0.0614. The second kappa shape index (κ2) is 7.77. The maximum Gasteiger partial charge on any atom is 0.317 e. The molecule has 3 rings (SSSR count). The molecule has 1 fully saturated rings. The smallest absolute Gasteiger partial charge is 0.317 e. The van der Waals surface area contributed by atoms with E-state index in [0.29, 0.717) is 24.7 Å². The van der Waals surface area contributed by atoms with E-state index in [1.165, 1.54) is 0 Å². The van der Waals surface area contributed by atoms with Gasteiger partial charge in [0.1, 0.15) is 0 Å². The molecule has 0 radical (unpaired) electrons. The molecular formula is C18H19Cl2N3O. The molecule has 1 aliphatic rings. The lowest BCUT2D eigenvalue weighted by atomic mass is 10.2. The van der Waals surface area contributed by atoms with Gasteiger partial charge in [-0.3, -0.25) is 0 Å². The first-order valence-corrected chi connectivity index (χ1v) is 8.66. The summed E-state index contributed by atoms with van der Waals surface area (Å²) in [4.78, 5) is 16.4. The molecule has 0 bridgehead atoms. The summed E-state index contributed by atoms with van der Waals surface area (Å²) < 4.78 is 0. The van der Waals surface area contributed by atoms with Gasteiger partial charge in [0.15, 0.2) is 0 Å². The number of piperazine rings is 1. The van der Waals surface area contributed by atoms with Gasteiger partial charge in [-0.25, -0.2) is 4.79 Å². The number of rotatable bonds is 3. The molecular weight excluding hydrogens is 345 g/mol. The topological polar surface area (TPSA) is 35.6 Å². The Morgan fingerprint density at radius 1 is 0.917 bits per heavy atom. The summed E-state index contributed by atoms with van der Waals surface area (Å²) in [6.45, 7) is 3.30. The average Bonchev–Trinajstić information content (AvgIpc) is 2.61. The van der Waals surface area contributed by atoms with Crippen molar-refractivity contribution in [3.8, 4) is 0 Å². The van der Waals surface area contributed by atoms with Gasteiger partial charge in [-0.15, -0.1) is 0 Å². The van der Waals surface area contributed by atoms with Gasteiger partial charge in [0.05, 0.1) is 10.7 Å². The van der Waals surface area contributed by atoms with Crippen LogP contribution in [0.15, 0.2) is 48.5 Å². The Bertz CT molecular complexity index is 715. The van der Waals surface area contributed by atoms with Gasteiger partial charge in [-0.2, -0.15) is 0 Å². The third kappa shape index (κ3) is 3.94. The molecule has 6 heteroatoms. The predicted octanol–water partition coefficient (Wildman–Crippen LogP) is 4.03. The Morgan fingerprint density at radius 3 is 2.21 bits per heavy atom. The van der Waals surface area contributed by atoms with Crippen molar-refractivity contribution in [2.24, 2.45) is 0 Å². The van der Waals surface area contributed by atoms with Crippen molar-refractivity contribution < 1.29 is 4.79 Å². The minimum Gasteiger partial charge on any atom is -0.367 e. The maximum atomic E-state index is 12.3. The summed E-state index contributed by atoms with van der Waals surface area (Å²) in [6, 6.07) is 15.3. The molecule has 0 spiro atoms. The largest absolute Gasteiger partial charge is 0.367 e. The number of carbonyl (C=O) groups excluding carboxylic acids is 1. The average molecular weight is 364 g/mol. The molecule has 2 aromatic rings. The molecule has 0 saturated carbocycles. The van der Waals surface area contributed by atoms with E-state index >= 15 is 0 Å². The zero-order valence-corrected chi connectivity index (χ0v) is 14.7. The van der Waals surface area contributed by atoms with Crippen molar-refractivity contribution >= 4 is 34.9 Å². The molecule has 0 unspecified atom stereocenters. The fraction of sp³-hybridized carbons (Fsp3) is 0.278. The van der Waals surface area contributed by atoms with Crippen LogP contribution in [0.2, 0.25) is 10.0 Å². The molecule has 0 aliphatic carbocycles. The minimum atomic E-state index is -0.0614. The monoisotopic (exact) mass is 363 g/mol. The fourth-order valence-corrected chi connectivity index (χ4v) is 3.24. The third-order valence-corrected chi connectivity index (χ3v) is 4.84. The zero-order valence-electron chi connectivity index (χ0n) is 13.2. The number of hydrogen-bond donors (Lipinski definition) is 1. The van der Waals surface area contributed by atoms with Crippen molar-refractivity contribution in [2.75, 3.05) is 31.1 Å². The SMILES string of the molecule is O=C(NCc1ccccc1Cl)N1CCN(c2ccccc2Cl)CC1. The first-order chi connectivity index (χ1) is 11.6. The van der Waals surface area contributed by atoms with Crippen LogP contribution in [0.3, 0.4) is 0 Å². The predicted molar refractivity (Wildman–Crippen MR) is 98.9 cm³/mol. The number of nitrogens with zero attached hydrogens (tertiary/aromatic N) is 2. The molecule has 126 valence electrons. The van der Waals surface area contributed by atoms with Gasteiger partial charge in [0, 0.05) is 37.7 Å². The first kappa shape index (κ1) is 16.9. The maximum absolute atomic E-state index is 12.3. The van der Waals surface area contributed by atoms with Crippen LogP contribution in [0.4, 0.5) is 10.5 Å². The van der Waals surface area contributed by atoms with E-state index in [9.17, 15) is 4.79 Å². The van der Waals surface area contributed by atoms with E-state index in [2.05, 4.69) is 10.2 Å². The highest BCUT2D eigenvalue weighted by Gasteiger charge is 2.22. The molecule has 1 saturated heterocycles. The van der Waals surface area contributed by atoms with E-state index in [1.807, 2.05) is 53.4 Å². The number of benzene rings is 2. The number of para-hydroxylation sites is 1. The molecule has 4 nitrogen and oxygen atoms in total. The highest BCUT2D eigenvalue weighted by Crippen LogP contribution is 2.26. The third-order valence-electron chi connectivity index (χ3n) is 4.15. The Kier molecular flexibility index (Phi) is 5.48. The molecule has 0 atom stereocenters. The van der Waals surface area contributed by atoms with Crippen LogP contribution in [0.1, 0.15) is 5.56 Å². The first-order valence-electron chi connectivity index (χ1n) is 7.91. The van der Waals surface area contributed by atoms with E-state index in [4.69, 9.17) is 23.2 Å². The van der Waals surface area contributed by atoms with Gasteiger partial charge in [0.25, 0.3) is 0 Å². The number of hydrogen-bond acceptors (Lipinski definition) is 2. The van der Waals surface area contributed by atoms with Crippen LogP contribution in [-0.2, 0) is 6.54 Å². The summed E-state index contributed by atoms with van der Waals surface area (Å²) in [5, 5.41) is 4.35. The number of anilines is 1. The second-order valence-corrected chi connectivity index (χ2v) is 6.49. The van der Waals surface area contributed by atoms with Crippen LogP contribution in [0.25, 0.3) is 0 Å². The number of carbonyl (C=O) groups is 1. The lowest BCUT2D eigenvalue weighted by molar-refractivity contribution is 0.194. The summed E-state index contributed by atoms with van der Waals surface area (Å²) >= 11 is 12.4. The van der Waals surface area contributed by atoms with Crippen LogP contribution >= 0.6 is 23.2 Å². The van der Waals surface area contributed by atoms with Crippen molar-refractivity contribution in [3.05, 3.63) is 64.1 Å². The van der Waals surface area contributed by atoms with Gasteiger partial charge in [-0.05, 0) is 23.8 Å². The van der Waals surface area contributed by atoms with Crippen LogP contribution < -0.4 is 10.2 Å². The molecule has 1 heterocycles. The molecule has 1 N–H and O–H groups in total. The van der Waals surface area contributed by atoms with Crippen molar-refractivity contribution in [1.82, 2.24) is 10.2 Å². The number of amides is 2. The van der Waals surface area contributed by atoms with E-state index in [-0.39, 0.29) is 6.03 Å². The van der Waals surface area contributed by atoms with Crippen LogP contribution in [-0.4, -0.2) is 37.1 Å². The van der Waals surface area contributed by atoms with Gasteiger partial charge in [-0.1, -0.05) is 53.5 Å². The summed E-state index contributed by atoms with van der Waals surface area (Å²) in [5.41, 5.74) is 1.94.